The lowest BCUT2D eigenvalue weighted by Gasteiger charge is -2.36. The van der Waals surface area contributed by atoms with Gasteiger partial charge in [-0.3, -0.25) is 0 Å². The molecule has 1 saturated heterocycles. The maximum atomic E-state index is 13.7. The predicted molar refractivity (Wildman–Crippen MR) is 80.7 cm³/mol. The van der Waals surface area contributed by atoms with Gasteiger partial charge in [0, 0.05) is 30.8 Å². The SMILES string of the molecule is CCOc1cc(NC2CCN(C)C(C)C2)c(N)cc1F. The summed E-state index contributed by atoms with van der Waals surface area (Å²) in [5, 5.41) is 3.43. The Morgan fingerprint density at radius 1 is 1.50 bits per heavy atom. The van der Waals surface area contributed by atoms with E-state index >= 15 is 0 Å². The molecule has 4 nitrogen and oxygen atoms in total. The zero-order valence-electron chi connectivity index (χ0n) is 12.4. The van der Waals surface area contributed by atoms with E-state index in [0.717, 1.165) is 25.1 Å². The number of benzene rings is 1. The molecule has 0 aromatic heterocycles. The zero-order chi connectivity index (χ0) is 14.7. The minimum Gasteiger partial charge on any atom is -0.491 e. The van der Waals surface area contributed by atoms with Gasteiger partial charge in [0.05, 0.1) is 18.0 Å². The number of nitrogen functional groups attached to an aromatic ring is 1. The van der Waals surface area contributed by atoms with Crippen molar-refractivity contribution in [1.82, 2.24) is 4.90 Å². The van der Waals surface area contributed by atoms with Crippen molar-refractivity contribution in [2.45, 2.75) is 38.8 Å². The number of rotatable bonds is 4. The van der Waals surface area contributed by atoms with Crippen molar-refractivity contribution < 1.29 is 9.13 Å². The molecule has 1 fully saturated rings. The number of hydrogen-bond acceptors (Lipinski definition) is 4. The normalized spacial score (nSPS) is 23.6. The standard InChI is InChI=1S/C15H24FN3O/c1-4-20-15-9-14(13(17)8-12(15)16)18-11-5-6-19(3)10(2)7-11/h8-11,18H,4-7,17H2,1-3H3. The minimum absolute atomic E-state index is 0.255. The molecule has 0 amide bonds. The molecule has 1 aromatic carbocycles. The van der Waals surface area contributed by atoms with E-state index < -0.39 is 5.82 Å². The number of ether oxygens (including phenoxy) is 1. The molecule has 1 aromatic rings. The van der Waals surface area contributed by atoms with E-state index in [1.165, 1.54) is 6.07 Å². The molecule has 2 rings (SSSR count). The number of nitrogens with one attached hydrogen (secondary N) is 1. The van der Waals surface area contributed by atoms with Gasteiger partial charge >= 0.3 is 0 Å². The van der Waals surface area contributed by atoms with Gasteiger partial charge < -0.3 is 20.7 Å². The van der Waals surface area contributed by atoms with Crippen LogP contribution in [0.1, 0.15) is 26.7 Å². The highest BCUT2D eigenvalue weighted by molar-refractivity contribution is 5.69. The first-order chi connectivity index (χ1) is 9.51. The maximum absolute atomic E-state index is 13.7. The number of anilines is 2. The third-order valence-electron chi connectivity index (χ3n) is 3.97. The third-order valence-corrected chi connectivity index (χ3v) is 3.97. The molecule has 2 unspecified atom stereocenters. The Bertz CT molecular complexity index is 467. The van der Waals surface area contributed by atoms with E-state index in [4.69, 9.17) is 10.5 Å². The number of nitrogens with two attached hydrogens (primary N) is 1. The quantitative estimate of drug-likeness (QED) is 0.833. The maximum Gasteiger partial charge on any atom is 0.167 e. The summed E-state index contributed by atoms with van der Waals surface area (Å²) in [6, 6.07) is 3.89. The average molecular weight is 281 g/mol. The van der Waals surface area contributed by atoms with Crippen molar-refractivity contribution in [3.8, 4) is 5.75 Å². The second-order valence-corrected chi connectivity index (χ2v) is 5.50. The molecule has 1 aliphatic heterocycles. The second kappa shape index (κ2) is 6.31. The lowest BCUT2D eigenvalue weighted by atomic mass is 9.98. The fraction of sp³-hybridized carbons (Fsp3) is 0.600. The van der Waals surface area contributed by atoms with Crippen LogP contribution in [0.5, 0.6) is 5.75 Å². The summed E-state index contributed by atoms with van der Waals surface area (Å²) in [5.41, 5.74) is 7.09. The molecule has 0 spiro atoms. The summed E-state index contributed by atoms with van der Waals surface area (Å²) in [7, 11) is 2.14. The molecule has 1 heterocycles. The number of halogens is 1. The fourth-order valence-electron chi connectivity index (χ4n) is 2.60. The van der Waals surface area contributed by atoms with Crippen LogP contribution in [-0.4, -0.2) is 37.2 Å². The molecule has 0 radical (unpaired) electrons. The van der Waals surface area contributed by atoms with Crippen molar-refractivity contribution in [3.05, 3.63) is 17.9 Å². The summed E-state index contributed by atoms with van der Waals surface area (Å²) in [6.07, 6.45) is 2.11. The first-order valence-electron chi connectivity index (χ1n) is 7.19. The summed E-state index contributed by atoms with van der Waals surface area (Å²) in [6.45, 7) is 5.54. The molecule has 2 atom stereocenters. The molecular formula is C15H24FN3O. The number of hydrogen-bond donors (Lipinski definition) is 2. The Morgan fingerprint density at radius 2 is 2.25 bits per heavy atom. The zero-order valence-corrected chi connectivity index (χ0v) is 12.4. The van der Waals surface area contributed by atoms with Crippen LogP contribution >= 0.6 is 0 Å². The highest BCUT2D eigenvalue weighted by Crippen LogP contribution is 2.30. The molecular weight excluding hydrogens is 257 g/mol. The summed E-state index contributed by atoms with van der Waals surface area (Å²) in [5.74, 6) is -0.156. The number of likely N-dealkylation sites (tertiary alicyclic amines) is 1. The topological polar surface area (TPSA) is 50.5 Å². The van der Waals surface area contributed by atoms with Crippen LogP contribution in [0, 0.1) is 5.82 Å². The van der Waals surface area contributed by atoms with E-state index in [2.05, 4.69) is 24.2 Å². The Morgan fingerprint density at radius 3 is 2.90 bits per heavy atom. The second-order valence-electron chi connectivity index (χ2n) is 5.50. The van der Waals surface area contributed by atoms with Crippen LogP contribution in [0.25, 0.3) is 0 Å². The minimum atomic E-state index is -0.411. The van der Waals surface area contributed by atoms with E-state index in [0.29, 0.717) is 24.4 Å². The Kier molecular flexibility index (Phi) is 4.70. The van der Waals surface area contributed by atoms with Crippen molar-refractivity contribution in [1.29, 1.82) is 0 Å². The van der Waals surface area contributed by atoms with Crippen LogP contribution in [0.2, 0.25) is 0 Å². The van der Waals surface area contributed by atoms with Gasteiger partial charge in [-0.15, -0.1) is 0 Å². The lowest BCUT2D eigenvalue weighted by molar-refractivity contribution is 0.190. The van der Waals surface area contributed by atoms with E-state index in [1.807, 2.05) is 6.92 Å². The first kappa shape index (κ1) is 14.9. The van der Waals surface area contributed by atoms with Gasteiger partial charge in [0.2, 0.25) is 0 Å². The van der Waals surface area contributed by atoms with Crippen molar-refractivity contribution >= 4 is 11.4 Å². The van der Waals surface area contributed by atoms with Gasteiger partial charge in [-0.25, -0.2) is 4.39 Å². The Balaban J connectivity index is 2.10. The molecule has 20 heavy (non-hydrogen) atoms. The first-order valence-corrected chi connectivity index (χ1v) is 7.19. The van der Waals surface area contributed by atoms with Crippen LogP contribution < -0.4 is 15.8 Å². The molecule has 0 bridgehead atoms. The van der Waals surface area contributed by atoms with Gasteiger partial charge in [0.15, 0.2) is 11.6 Å². The molecule has 1 aliphatic rings. The van der Waals surface area contributed by atoms with Gasteiger partial charge in [-0.05, 0) is 33.7 Å². The van der Waals surface area contributed by atoms with Crippen molar-refractivity contribution in [3.63, 3.8) is 0 Å². The van der Waals surface area contributed by atoms with Gasteiger partial charge in [0.1, 0.15) is 0 Å². The molecule has 0 aliphatic carbocycles. The van der Waals surface area contributed by atoms with E-state index in [1.54, 1.807) is 6.07 Å². The summed E-state index contributed by atoms with van der Waals surface area (Å²) >= 11 is 0. The molecule has 5 heteroatoms. The Hall–Kier alpha value is -1.49. The highest BCUT2D eigenvalue weighted by Gasteiger charge is 2.23. The number of piperidine rings is 1. The fourth-order valence-corrected chi connectivity index (χ4v) is 2.60. The van der Waals surface area contributed by atoms with Crippen molar-refractivity contribution in [2.24, 2.45) is 0 Å². The summed E-state index contributed by atoms with van der Waals surface area (Å²) < 4.78 is 19.0. The van der Waals surface area contributed by atoms with E-state index in [-0.39, 0.29) is 5.75 Å². The Labute approximate surface area is 120 Å². The van der Waals surface area contributed by atoms with Crippen LogP contribution in [0.15, 0.2) is 12.1 Å². The largest absolute Gasteiger partial charge is 0.491 e. The van der Waals surface area contributed by atoms with E-state index in [9.17, 15) is 4.39 Å². The van der Waals surface area contributed by atoms with Crippen LogP contribution in [0.3, 0.4) is 0 Å². The molecule has 112 valence electrons. The molecule has 3 N–H and O–H groups in total. The van der Waals surface area contributed by atoms with Crippen molar-refractivity contribution in [2.75, 3.05) is 31.2 Å². The van der Waals surface area contributed by atoms with Gasteiger partial charge in [0.25, 0.3) is 0 Å². The smallest absolute Gasteiger partial charge is 0.167 e. The number of nitrogens with zero attached hydrogens (tertiary/aromatic N) is 1. The average Bonchev–Trinajstić information content (AvgIpc) is 2.39. The predicted octanol–water partition coefficient (Wildman–Crippen LogP) is 2.70. The van der Waals surface area contributed by atoms with Gasteiger partial charge in [-0.1, -0.05) is 0 Å². The monoisotopic (exact) mass is 281 g/mol. The third kappa shape index (κ3) is 3.33. The molecule has 0 saturated carbocycles. The van der Waals surface area contributed by atoms with Crippen LogP contribution in [-0.2, 0) is 0 Å². The lowest BCUT2D eigenvalue weighted by Crippen LogP contribution is -2.42. The highest BCUT2D eigenvalue weighted by atomic mass is 19.1. The van der Waals surface area contributed by atoms with Crippen LogP contribution in [0.4, 0.5) is 15.8 Å². The summed E-state index contributed by atoms with van der Waals surface area (Å²) in [4.78, 5) is 2.35. The van der Waals surface area contributed by atoms with Gasteiger partial charge in [-0.2, -0.15) is 0 Å².